The molecule has 0 atom stereocenters. The molecule has 0 saturated heterocycles. The minimum absolute atomic E-state index is 0.0938. The molecule has 0 N–H and O–H groups in total. The molecule has 0 heterocycles. The summed E-state index contributed by atoms with van der Waals surface area (Å²) >= 11 is 0. The van der Waals surface area contributed by atoms with Gasteiger partial charge in [-0.2, -0.15) is 0 Å². The van der Waals surface area contributed by atoms with Crippen molar-refractivity contribution in [3.63, 3.8) is 0 Å². The molecule has 1 aliphatic carbocycles. The van der Waals surface area contributed by atoms with Gasteiger partial charge in [0, 0.05) is 5.41 Å². The van der Waals surface area contributed by atoms with Crippen LogP contribution in [0, 0.1) is 0 Å². The zero-order valence-electron chi connectivity index (χ0n) is 32.1. The van der Waals surface area contributed by atoms with Gasteiger partial charge in [-0.3, -0.25) is 0 Å². The molecule has 10 aromatic carbocycles. The lowest BCUT2D eigenvalue weighted by Crippen LogP contribution is -2.14. The maximum absolute atomic E-state index is 2.48. The van der Waals surface area contributed by atoms with E-state index in [-0.39, 0.29) is 5.41 Å². The molecule has 268 valence electrons. The Morgan fingerprint density at radius 1 is 0.263 bits per heavy atom. The standard InChI is InChI=1S/C57H40/c1-57(2)53-22-11-10-19-47(53)48-31-30-46(36-54(48)57)56-50-21-9-8-20-49(50)55(51-32-29-44(35-52(51)56)43-28-27-38-15-6-7-16-41(38)33-43)45-18-12-17-42(34-45)40-25-23-39(24-26-40)37-13-4-3-5-14-37/h3-36H,1-2H3. The fraction of sp³-hybridized carbons (Fsp3) is 0.0526. The van der Waals surface area contributed by atoms with Crippen LogP contribution in [0.25, 0.3) is 99.1 Å². The fourth-order valence-corrected chi connectivity index (χ4v) is 9.55. The molecule has 0 spiro atoms. The Hall–Kier alpha value is -7.02. The summed E-state index contributed by atoms with van der Waals surface area (Å²) in [5, 5.41) is 7.56. The Labute approximate surface area is 334 Å². The van der Waals surface area contributed by atoms with Crippen molar-refractivity contribution in [3.8, 4) is 66.8 Å². The van der Waals surface area contributed by atoms with E-state index < -0.39 is 0 Å². The van der Waals surface area contributed by atoms with Crippen molar-refractivity contribution in [1.82, 2.24) is 0 Å². The highest BCUT2D eigenvalue weighted by molar-refractivity contribution is 6.22. The van der Waals surface area contributed by atoms with E-state index in [1.807, 2.05) is 0 Å². The van der Waals surface area contributed by atoms with Gasteiger partial charge in [0.2, 0.25) is 0 Å². The van der Waals surface area contributed by atoms with Gasteiger partial charge >= 0.3 is 0 Å². The van der Waals surface area contributed by atoms with Crippen LogP contribution >= 0.6 is 0 Å². The van der Waals surface area contributed by atoms with Crippen molar-refractivity contribution >= 4 is 32.3 Å². The maximum atomic E-state index is 2.48. The van der Waals surface area contributed by atoms with Crippen molar-refractivity contribution in [3.05, 3.63) is 217 Å². The van der Waals surface area contributed by atoms with Crippen LogP contribution in [0.5, 0.6) is 0 Å². The van der Waals surface area contributed by atoms with E-state index in [2.05, 4.69) is 220 Å². The second kappa shape index (κ2) is 13.0. The first-order valence-corrected chi connectivity index (χ1v) is 20.0. The van der Waals surface area contributed by atoms with Crippen LogP contribution in [-0.2, 0) is 5.41 Å². The Balaban J connectivity index is 1.14. The lowest BCUT2D eigenvalue weighted by molar-refractivity contribution is 0.660. The van der Waals surface area contributed by atoms with Crippen molar-refractivity contribution in [2.45, 2.75) is 19.3 Å². The summed E-state index contributed by atoms with van der Waals surface area (Å²) in [6, 6.07) is 76.5. The highest BCUT2D eigenvalue weighted by Crippen LogP contribution is 2.51. The predicted molar refractivity (Wildman–Crippen MR) is 244 cm³/mol. The Morgan fingerprint density at radius 2 is 0.754 bits per heavy atom. The summed E-state index contributed by atoms with van der Waals surface area (Å²) in [6.07, 6.45) is 0. The van der Waals surface area contributed by atoms with E-state index in [0.29, 0.717) is 0 Å². The quantitative estimate of drug-likeness (QED) is 0.155. The second-order valence-corrected chi connectivity index (χ2v) is 16.1. The molecule has 0 radical (unpaired) electrons. The summed E-state index contributed by atoms with van der Waals surface area (Å²) in [4.78, 5) is 0. The SMILES string of the molecule is CC1(C)c2ccccc2-c2ccc(-c3c4ccccc4c(-c4cccc(-c5ccc(-c6ccccc6)cc5)c4)c4ccc(-c5ccc6ccccc6c5)cc34)cc21. The molecular weight excluding hydrogens is 685 g/mol. The molecule has 11 rings (SSSR count). The maximum Gasteiger partial charge on any atom is 0.0159 e. The predicted octanol–water partition coefficient (Wildman–Crippen LogP) is 15.8. The minimum Gasteiger partial charge on any atom is -0.0622 e. The van der Waals surface area contributed by atoms with E-state index >= 15 is 0 Å². The molecule has 10 aromatic rings. The van der Waals surface area contributed by atoms with Crippen LogP contribution in [0.2, 0.25) is 0 Å². The van der Waals surface area contributed by atoms with Crippen LogP contribution in [-0.4, -0.2) is 0 Å². The van der Waals surface area contributed by atoms with Crippen LogP contribution in [0.1, 0.15) is 25.0 Å². The molecule has 0 heteroatoms. The van der Waals surface area contributed by atoms with Gasteiger partial charge in [0.15, 0.2) is 0 Å². The van der Waals surface area contributed by atoms with Crippen LogP contribution in [0.15, 0.2) is 206 Å². The Kier molecular flexibility index (Phi) is 7.63. The van der Waals surface area contributed by atoms with E-state index in [9.17, 15) is 0 Å². The first kappa shape index (κ1) is 33.3. The van der Waals surface area contributed by atoms with E-state index in [4.69, 9.17) is 0 Å². The summed E-state index contributed by atoms with van der Waals surface area (Å²) in [5.74, 6) is 0. The Bertz CT molecular complexity index is 3180. The van der Waals surface area contributed by atoms with Crippen molar-refractivity contribution in [2.24, 2.45) is 0 Å². The van der Waals surface area contributed by atoms with Crippen molar-refractivity contribution in [2.75, 3.05) is 0 Å². The summed E-state index contributed by atoms with van der Waals surface area (Å²) in [7, 11) is 0. The average Bonchev–Trinajstić information content (AvgIpc) is 3.50. The van der Waals surface area contributed by atoms with Crippen molar-refractivity contribution < 1.29 is 0 Å². The summed E-state index contributed by atoms with van der Waals surface area (Å²) in [6.45, 7) is 4.75. The molecule has 0 saturated carbocycles. The largest absolute Gasteiger partial charge is 0.0622 e. The van der Waals surface area contributed by atoms with E-state index in [1.165, 1.54) is 110 Å². The molecular formula is C57H40. The highest BCUT2D eigenvalue weighted by atomic mass is 14.4. The first-order chi connectivity index (χ1) is 28.0. The smallest absolute Gasteiger partial charge is 0.0159 e. The zero-order chi connectivity index (χ0) is 38.1. The van der Waals surface area contributed by atoms with Crippen LogP contribution in [0.3, 0.4) is 0 Å². The summed E-state index contributed by atoms with van der Waals surface area (Å²) in [5.41, 5.74) is 17.7. The highest BCUT2D eigenvalue weighted by Gasteiger charge is 2.35. The number of hydrogen-bond acceptors (Lipinski definition) is 0. The molecule has 0 unspecified atom stereocenters. The number of hydrogen-bond donors (Lipinski definition) is 0. The van der Waals surface area contributed by atoms with Gasteiger partial charge in [0.25, 0.3) is 0 Å². The molecule has 0 nitrogen and oxygen atoms in total. The molecule has 0 aromatic heterocycles. The number of fused-ring (bicyclic) bond motifs is 6. The average molecular weight is 725 g/mol. The third-order valence-electron chi connectivity index (χ3n) is 12.5. The van der Waals surface area contributed by atoms with Crippen molar-refractivity contribution in [1.29, 1.82) is 0 Å². The van der Waals surface area contributed by atoms with Gasteiger partial charge < -0.3 is 0 Å². The first-order valence-electron chi connectivity index (χ1n) is 20.0. The van der Waals surface area contributed by atoms with Gasteiger partial charge in [0.05, 0.1) is 0 Å². The zero-order valence-corrected chi connectivity index (χ0v) is 32.1. The molecule has 57 heavy (non-hydrogen) atoms. The third kappa shape index (κ3) is 5.44. The van der Waals surface area contributed by atoms with Gasteiger partial charge in [-0.05, 0) is 134 Å². The molecule has 0 bridgehead atoms. The lowest BCUT2D eigenvalue weighted by Gasteiger charge is -2.23. The van der Waals surface area contributed by atoms with Gasteiger partial charge in [-0.1, -0.05) is 196 Å². The minimum atomic E-state index is -0.0938. The van der Waals surface area contributed by atoms with Gasteiger partial charge in [-0.25, -0.2) is 0 Å². The third-order valence-corrected chi connectivity index (χ3v) is 12.5. The van der Waals surface area contributed by atoms with E-state index in [0.717, 1.165) is 0 Å². The molecule has 0 aliphatic heterocycles. The normalized spacial score (nSPS) is 12.9. The molecule has 0 fully saturated rings. The van der Waals surface area contributed by atoms with Crippen LogP contribution < -0.4 is 0 Å². The van der Waals surface area contributed by atoms with E-state index in [1.54, 1.807) is 0 Å². The lowest BCUT2D eigenvalue weighted by atomic mass is 9.80. The summed E-state index contributed by atoms with van der Waals surface area (Å²) < 4.78 is 0. The number of benzene rings is 10. The topological polar surface area (TPSA) is 0 Å². The number of rotatable bonds is 5. The second-order valence-electron chi connectivity index (χ2n) is 16.1. The monoisotopic (exact) mass is 724 g/mol. The van der Waals surface area contributed by atoms with Gasteiger partial charge in [0.1, 0.15) is 0 Å². The fourth-order valence-electron chi connectivity index (χ4n) is 9.55. The molecule has 0 amide bonds. The van der Waals surface area contributed by atoms with Gasteiger partial charge in [-0.15, -0.1) is 0 Å². The van der Waals surface area contributed by atoms with Crippen LogP contribution in [0.4, 0.5) is 0 Å². The molecule has 1 aliphatic rings. The Morgan fingerprint density at radius 3 is 1.56 bits per heavy atom.